The minimum atomic E-state index is -0.314. The van der Waals surface area contributed by atoms with Gasteiger partial charge in [-0.2, -0.15) is 9.61 Å². The number of nitrogens with zero attached hydrogens (tertiary/aromatic N) is 4. The zero-order valence-electron chi connectivity index (χ0n) is 10.1. The Labute approximate surface area is 112 Å². The third-order valence-corrected chi connectivity index (χ3v) is 3.49. The van der Waals surface area contributed by atoms with Gasteiger partial charge in [-0.15, -0.1) is 10.2 Å². The number of aromatic nitrogens is 4. The Morgan fingerprint density at radius 1 is 1.32 bits per heavy atom. The van der Waals surface area contributed by atoms with Gasteiger partial charge in [0.2, 0.25) is 4.96 Å². The molecule has 2 heterocycles. The summed E-state index contributed by atoms with van der Waals surface area (Å²) in [6.07, 6.45) is 0.152. The summed E-state index contributed by atoms with van der Waals surface area (Å²) in [5.74, 6) is 0.356. The summed E-state index contributed by atoms with van der Waals surface area (Å²) in [6.45, 7) is 0. The van der Waals surface area contributed by atoms with Crippen molar-refractivity contribution in [2.75, 3.05) is 7.11 Å². The highest BCUT2D eigenvalue weighted by atomic mass is 32.1. The van der Waals surface area contributed by atoms with Crippen molar-refractivity contribution in [3.63, 3.8) is 0 Å². The van der Waals surface area contributed by atoms with Crippen molar-refractivity contribution in [3.05, 3.63) is 35.3 Å². The minimum Gasteiger partial charge on any atom is -0.469 e. The van der Waals surface area contributed by atoms with Crippen molar-refractivity contribution in [2.24, 2.45) is 0 Å². The van der Waals surface area contributed by atoms with Crippen molar-refractivity contribution in [1.29, 1.82) is 0 Å². The number of ether oxygens (including phenoxy) is 1. The molecule has 0 bridgehead atoms. The number of methoxy groups -OCH3 is 1. The van der Waals surface area contributed by atoms with Gasteiger partial charge in [-0.25, -0.2) is 0 Å². The molecule has 0 unspecified atom stereocenters. The summed E-state index contributed by atoms with van der Waals surface area (Å²) in [6, 6.07) is 9.67. The first kappa shape index (κ1) is 11.8. The van der Waals surface area contributed by atoms with Gasteiger partial charge in [-0.3, -0.25) is 4.79 Å². The van der Waals surface area contributed by atoms with Crippen LogP contribution in [0.5, 0.6) is 0 Å². The zero-order chi connectivity index (χ0) is 13.2. The van der Waals surface area contributed by atoms with Crippen molar-refractivity contribution >= 4 is 22.3 Å². The Bertz CT molecular complexity index is 720. The maximum Gasteiger partial charge on any atom is 0.312 e. The van der Waals surface area contributed by atoms with Gasteiger partial charge in [0.05, 0.1) is 13.5 Å². The Morgan fingerprint density at radius 3 is 2.84 bits per heavy atom. The molecule has 7 heteroatoms. The second-order valence-electron chi connectivity index (χ2n) is 3.83. The fourth-order valence-electron chi connectivity index (χ4n) is 1.69. The first-order valence-corrected chi connectivity index (χ1v) is 6.43. The normalized spacial score (nSPS) is 10.8. The molecule has 1 aromatic carbocycles. The summed E-state index contributed by atoms with van der Waals surface area (Å²) in [5, 5.41) is 13.2. The van der Waals surface area contributed by atoms with Gasteiger partial charge >= 0.3 is 5.97 Å². The quantitative estimate of drug-likeness (QED) is 0.678. The third-order valence-electron chi connectivity index (χ3n) is 2.59. The highest BCUT2D eigenvalue weighted by molar-refractivity contribution is 7.16. The van der Waals surface area contributed by atoms with Crippen molar-refractivity contribution in [2.45, 2.75) is 6.42 Å². The minimum absolute atomic E-state index is 0.152. The molecule has 0 spiro atoms. The molecule has 0 saturated carbocycles. The lowest BCUT2D eigenvalue weighted by Crippen LogP contribution is -2.04. The number of benzene rings is 1. The Hall–Kier alpha value is -2.28. The second-order valence-corrected chi connectivity index (χ2v) is 4.87. The number of rotatable bonds is 3. The van der Waals surface area contributed by atoms with E-state index in [1.165, 1.54) is 18.4 Å². The van der Waals surface area contributed by atoms with Crippen LogP contribution < -0.4 is 0 Å². The molecule has 0 aliphatic rings. The van der Waals surface area contributed by atoms with Crippen LogP contribution in [0.4, 0.5) is 0 Å². The Balaban J connectivity index is 2.01. The van der Waals surface area contributed by atoms with Crippen LogP contribution >= 0.6 is 11.3 Å². The molecule has 3 aromatic rings. The van der Waals surface area contributed by atoms with Crippen LogP contribution in [0.2, 0.25) is 0 Å². The summed E-state index contributed by atoms with van der Waals surface area (Å²) in [7, 11) is 1.36. The van der Waals surface area contributed by atoms with Crippen LogP contribution in [-0.2, 0) is 16.0 Å². The number of carbonyl (C=O) groups is 1. The third kappa shape index (κ3) is 2.19. The van der Waals surface area contributed by atoms with Crippen LogP contribution in [-0.4, -0.2) is 32.9 Å². The summed E-state index contributed by atoms with van der Waals surface area (Å²) >= 11 is 1.33. The van der Waals surface area contributed by atoms with E-state index in [-0.39, 0.29) is 12.4 Å². The van der Waals surface area contributed by atoms with Gasteiger partial charge in [0.15, 0.2) is 5.82 Å². The maximum absolute atomic E-state index is 11.2. The average molecular weight is 274 g/mol. The molecule has 0 aliphatic carbocycles. The molecular weight excluding hydrogens is 264 g/mol. The number of hydrogen-bond donors (Lipinski definition) is 0. The topological polar surface area (TPSA) is 69.4 Å². The summed E-state index contributed by atoms with van der Waals surface area (Å²) in [4.78, 5) is 11.9. The lowest BCUT2D eigenvalue weighted by Gasteiger charge is -1.95. The molecule has 2 aromatic heterocycles. The molecule has 0 fully saturated rings. The van der Waals surface area contributed by atoms with Crippen LogP contribution in [0.25, 0.3) is 16.3 Å². The maximum atomic E-state index is 11.2. The molecule has 0 saturated heterocycles. The van der Waals surface area contributed by atoms with E-state index < -0.39 is 0 Å². The Morgan fingerprint density at radius 2 is 2.11 bits per heavy atom. The van der Waals surface area contributed by atoms with Crippen LogP contribution in [0.15, 0.2) is 30.3 Å². The van der Waals surface area contributed by atoms with Crippen molar-refractivity contribution < 1.29 is 9.53 Å². The lowest BCUT2D eigenvalue weighted by molar-refractivity contribution is -0.139. The fraction of sp³-hybridized carbons (Fsp3) is 0.167. The number of esters is 1. The van der Waals surface area contributed by atoms with E-state index >= 15 is 0 Å². The zero-order valence-corrected chi connectivity index (χ0v) is 10.9. The molecule has 0 radical (unpaired) electrons. The predicted octanol–water partition coefficient (Wildman–Crippen LogP) is 1.57. The van der Waals surface area contributed by atoms with Gasteiger partial charge < -0.3 is 4.74 Å². The second kappa shape index (κ2) is 4.77. The lowest BCUT2D eigenvalue weighted by atomic mass is 10.2. The first-order valence-electron chi connectivity index (χ1n) is 5.61. The molecule has 3 rings (SSSR count). The van der Waals surface area contributed by atoms with E-state index in [0.717, 1.165) is 5.56 Å². The molecule has 0 aliphatic heterocycles. The molecule has 96 valence electrons. The Kier molecular flexibility index (Phi) is 2.96. The van der Waals surface area contributed by atoms with Crippen LogP contribution in [0, 0.1) is 0 Å². The van der Waals surface area contributed by atoms with Crippen LogP contribution in [0.1, 0.15) is 5.01 Å². The highest BCUT2D eigenvalue weighted by Crippen LogP contribution is 2.21. The van der Waals surface area contributed by atoms with Gasteiger partial charge in [-0.05, 0) is 0 Å². The van der Waals surface area contributed by atoms with E-state index in [4.69, 9.17) is 0 Å². The van der Waals surface area contributed by atoms with E-state index in [9.17, 15) is 4.79 Å². The molecule has 0 amide bonds. The number of hydrogen-bond acceptors (Lipinski definition) is 6. The molecule has 19 heavy (non-hydrogen) atoms. The van der Waals surface area contributed by atoms with Crippen molar-refractivity contribution in [3.8, 4) is 11.4 Å². The van der Waals surface area contributed by atoms with E-state index in [0.29, 0.717) is 15.8 Å². The molecule has 0 atom stereocenters. The van der Waals surface area contributed by atoms with Gasteiger partial charge in [0, 0.05) is 5.56 Å². The van der Waals surface area contributed by atoms with E-state index in [1.54, 1.807) is 4.52 Å². The number of fused-ring (bicyclic) bond motifs is 1. The van der Waals surface area contributed by atoms with E-state index in [1.807, 2.05) is 30.3 Å². The van der Waals surface area contributed by atoms with Crippen molar-refractivity contribution in [1.82, 2.24) is 19.8 Å². The fourth-order valence-corrected chi connectivity index (χ4v) is 2.51. The smallest absolute Gasteiger partial charge is 0.312 e. The predicted molar refractivity (Wildman–Crippen MR) is 69.8 cm³/mol. The monoisotopic (exact) mass is 274 g/mol. The molecule has 6 nitrogen and oxygen atoms in total. The standard InChI is InChI=1S/C12H10N4O2S/c1-18-10(17)7-9-15-16-11(13-14-12(16)19-9)8-5-3-2-4-6-8/h2-6H,7H2,1H3. The van der Waals surface area contributed by atoms with E-state index in [2.05, 4.69) is 20.0 Å². The van der Waals surface area contributed by atoms with Gasteiger partial charge in [0.25, 0.3) is 0 Å². The largest absolute Gasteiger partial charge is 0.469 e. The first-order chi connectivity index (χ1) is 9.28. The van der Waals surface area contributed by atoms with Crippen LogP contribution in [0.3, 0.4) is 0 Å². The average Bonchev–Trinajstić information content (AvgIpc) is 2.99. The molecular formula is C12H10N4O2S. The van der Waals surface area contributed by atoms with Gasteiger partial charge in [0.1, 0.15) is 5.01 Å². The highest BCUT2D eigenvalue weighted by Gasteiger charge is 2.15. The SMILES string of the molecule is COC(=O)Cc1nn2c(-c3ccccc3)nnc2s1. The summed E-state index contributed by atoms with van der Waals surface area (Å²) in [5.41, 5.74) is 0.935. The summed E-state index contributed by atoms with van der Waals surface area (Å²) < 4.78 is 6.28. The molecule has 0 N–H and O–H groups in total. The number of carbonyl (C=O) groups excluding carboxylic acids is 1. The van der Waals surface area contributed by atoms with Gasteiger partial charge in [-0.1, -0.05) is 41.7 Å².